The zero-order chi connectivity index (χ0) is 22.2. The summed E-state index contributed by atoms with van der Waals surface area (Å²) in [5.41, 5.74) is 2.90. The summed E-state index contributed by atoms with van der Waals surface area (Å²) in [6, 6.07) is 5.90. The summed E-state index contributed by atoms with van der Waals surface area (Å²) in [4.78, 5) is 20.6. The van der Waals surface area contributed by atoms with Crippen LogP contribution >= 0.6 is 0 Å². The van der Waals surface area contributed by atoms with Crippen molar-refractivity contribution in [3.05, 3.63) is 30.9 Å². The van der Waals surface area contributed by atoms with Crippen LogP contribution in [0, 0.1) is 0 Å². The van der Waals surface area contributed by atoms with E-state index in [4.69, 9.17) is 0 Å². The van der Waals surface area contributed by atoms with Gasteiger partial charge in [-0.3, -0.25) is 4.55 Å². The van der Waals surface area contributed by atoms with Gasteiger partial charge in [0.05, 0.1) is 22.6 Å². The summed E-state index contributed by atoms with van der Waals surface area (Å²) < 4.78 is 26.4. The summed E-state index contributed by atoms with van der Waals surface area (Å²) in [5, 5.41) is 3.35. The quantitative estimate of drug-likeness (QED) is 0.454. The van der Waals surface area contributed by atoms with Gasteiger partial charge in [-0.15, -0.1) is 9.53 Å². The molecule has 31 heavy (non-hydrogen) atoms. The number of nitrogens with zero attached hydrogens (tertiary/aromatic N) is 5. The van der Waals surface area contributed by atoms with Gasteiger partial charge in [0.25, 0.3) is 0 Å². The van der Waals surface area contributed by atoms with Crippen molar-refractivity contribution in [2.75, 3.05) is 50.7 Å². The largest absolute Gasteiger partial charge is 0.370 e. The molecular formula is C20H30N8O2S. The van der Waals surface area contributed by atoms with Gasteiger partial charge in [0, 0.05) is 32.4 Å². The maximum atomic E-state index is 13.1. The van der Waals surface area contributed by atoms with Crippen LogP contribution in [0.2, 0.25) is 0 Å². The van der Waals surface area contributed by atoms with Crippen molar-refractivity contribution in [2.45, 2.75) is 23.8 Å². The highest BCUT2D eigenvalue weighted by atomic mass is 32.3. The van der Waals surface area contributed by atoms with E-state index in [0.717, 1.165) is 31.6 Å². The molecule has 0 aliphatic carbocycles. The Kier molecular flexibility index (Phi) is 5.46. The number of benzene rings is 1. The predicted molar refractivity (Wildman–Crippen MR) is 124 cm³/mol. The van der Waals surface area contributed by atoms with Crippen molar-refractivity contribution in [1.29, 1.82) is 0 Å². The SMILES string of the molecule is CNS(C)(=O)(O)c1ccc(N2CCC(N(C)C)CC2)c(Nc2ncnc3nc[nH]c23)c1. The van der Waals surface area contributed by atoms with Crippen molar-refractivity contribution in [1.82, 2.24) is 29.6 Å². The molecule has 0 radical (unpaired) electrons. The minimum absolute atomic E-state index is 0.309. The lowest BCUT2D eigenvalue weighted by molar-refractivity contribution is 0.250. The van der Waals surface area contributed by atoms with Gasteiger partial charge >= 0.3 is 0 Å². The summed E-state index contributed by atoms with van der Waals surface area (Å²) in [6.07, 6.45) is 6.43. The number of hydrogen-bond acceptors (Lipinski definition) is 7. The Balaban J connectivity index is 1.75. The third-order valence-electron chi connectivity index (χ3n) is 6.02. The molecule has 3 aromatic rings. The van der Waals surface area contributed by atoms with Gasteiger partial charge in [0.15, 0.2) is 11.5 Å². The molecule has 1 aliphatic rings. The normalized spacial score (nSPS) is 17.1. The summed E-state index contributed by atoms with van der Waals surface area (Å²) in [7, 11) is 1.55. The van der Waals surface area contributed by atoms with E-state index in [-0.39, 0.29) is 0 Å². The van der Waals surface area contributed by atoms with Crippen molar-refractivity contribution in [3.8, 4) is 0 Å². The number of anilines is 3. The number of hydrogen-bond donors (Lipinski definition) is 4. The second kappa shape index (κ2) is 7.83. The number of aromatic amines is 1. The van der Waals surface area contributed by atoms with E-state index in [1.54, 1.807) is 18.5 Å². The van der Waals surface area contributed by atoms with Gasteiger partial charge in [0.2, 0.25) is 0 Å². The molecule has 0 amide bonds. The van der Waals surface area contributed by atoms with Crippen LogP contribution in [0.4, 0.5) is 17.2 Å². The summed E-state index contributed by atoms with van der Waals surface area (Å²) >= 11 is 0. The number of fused-ring (bicyclic) bond motifs is 1. The molecule has 1 fully saturated rings. The van der Waals surface area contributed by atoms with E-state index in [0.29, 0.717) is 33.6 Å². The van der Waals surface area contributed by atoms with E-state index >= 15 is 0 Å². The fourth-order valence-corrected chi connectivity index (χ4v) is 4.94. The first-order valence-corrected chi connectivity index (χ1v) is 12.5. The molecule has 11 heteroatoms. The number of aromatic nitrogens is 4. The zero-order valence-corrected chi connectivity index (χ0v) is 19.1. The average molecular weight is 447 g/mol. The van der Waals surface area contributed by atoms with Crippen LogP contribution in [-0.2, 0) is 9.53 Å². The number of piperidine rings is 1. The van der Waals surface area contributed by atoms with Crippen LogP contribution in [0.15, 0.2) is 35.7 Å². The molecule has 0 unspecified atom stereocenters. The lowest BCUT2D eigenvalue weighted by Gasteiger charge is -2.40. The number of H-pyrrole nitrogens is 1. The van der Waals surface area contributed by atoms with Crippen LogP contribution < -0.4 is 14.9 Å². The van der Waals surface area contributed by atoms with Crippen LogP contribution in [0.3, 0.4) is 0 Å². The topological polar surface area (TPSA) is 122 Å². The van der Waals surface area contributed by atoms with Crippen LogP contribution in [-0.4, -0.2) is 80.1 Å². The Morgan fingerprint density at radius 3 is 2.65 bits per heavy atom. The third kappa shape index (κ3) is 4.26. The smallest absolute Gasteiger partial charge is 0.182 e. The molecule has 1 saturated heterocycles. The Bertz CT molecular complexity index is 1150. The second-order valence-electron chi connectivity index (χ2n) is 8.30. The molecule has 0 spiro atoms. The Morgan fingerprint density at radius 2 is 1.97 bits per heavy atom. The molecule has 0 bridgehead atoms. The van der Waals surface area contributed by atoms with E-state index in [9.17, 15) is 8.76 Å². The van der Waals surface area contributed by atoms with Crippen molar-refractivity contribution < 1.29 is 8.76 Å². The van der Waals surface area contributed by atoms with E-state index in [2.05, 4.69) is 53.9 Å². The first-order chi connectivity index (χ1) is 14.7. The highest BCUT2D eigenvalue weighted by Gasteiger charge is 2.26. The first-order valence-electron chi connectivity index (χ1n) is 10.2. The van der Waals surface area contributed by atoms with Crippen LogP contribution in [0.25, 0.3) is 11.2 Å². The van der Waals surface area contributed by atoms with Crippen molar-refractivity contribution >= 4 is 37.9 Å². The molecule has 0 saturated carbocycles. The number of rotatable bonds is 6. The lowest BCUT2D eigenvalue weighted by Crippen LogP contribution is -2.44. The van der Waals surface area contributed by atoms with Crippen molar-refractivity contribution in [3.63, 3.8) is 0 Å². The molecular weight excluding hydrogens is 416 g/mol. The standard InChI is InChI=1S/C20H30N8O2S/c1-21-31(4,29,30)15-5-6-17(28-9-7-14(8-10-28)27(2)3)16(11-15)26-20-18-19(23-12-22-18)24-13-25-20/h5-6,11-14H,7-10H2,1-4H3,(H2,21,29,30)(H2,22,23,24,25,26). The molecule has 4 rings (SSSR count). The highest BCUT2D eigenvalue weighted by molar-refractivity contribution is 8.12. The average Bonchev–Trinajstić information content (AvgIpc) is 3.23. The van der Waals surface area contributed by atoms with Gasteiger partial charge < -0.3 is 20.1 Å². The third-order valence-corrected chi connectivity index (χ3v) is 8.34. The predicted octanol–water partition coefficient (Wildman–Crippen LogP) is 2.04. The van der Waals surface area contributed by atoms with Gasteiger partial charge in [-0.25, -0.2) is 19.7 Å². The lowest BCUT2D eigenvalue weighted by atomic mass is 10.0. The first kappa shape index (κ1) is 21.6. The fourth-order valence-electron chi connectivity index (χ4n) is 3.92. The number of imidazole rings is 1. The van der Waals surface area contributed by atoms with E-state index < -0.39 is 9.53 Å². The summed E-state index contributed by atoms with van der Waals surface area (Å²) in [6.45, 7) is 1.80. The molecule has 4 N–H and O–H groups in total. The molecule has 2 aromatic heterocycles. The molecule has 1 aliphatic heterocycles. The molecule has 10 nitrogen and oxygen atoms in total. The maximum Gasteiger partial charge on any atom is 0.182 e. The van der Waals surface area contributed by atoms with Gasteiger partial charge in [-0.1, -0.05) is 0 Å². The number of nitrogens with one attached hydrogen (secondary N) is 3. The minimum Gasteiger partial charge on any atom is -0.370 e. The zero-order valence-electron chi connectivity index (χ0n) is 18.3. The fraction of sp³-hybridized carbons (Fsp3) is 0.450. The van der Waals surface area contributed by atoms with Gasteiger partial charge in [0.1, 0.15) is 11.8 Å². The Hall–Kier alpha value is -2.60. The van der Waals surface area contributed by atoms with E-state index in [1.807, 2.05) is 6.07 Å². The highest BCUT2D eigenvalue weighted by Crippen LogP contribution is 2.37. The van der Waals surface area contributed by atoms with Gasteiger partial charge in [-0.05, 0) is 45.1 Å². The molecule has 3 heterocycles. The molecule has 168 valence electrons. The molecule has 0 atom stereocenters. The van der Waals surface area contributed by atoms with Crippen molar-refractivity contribution in [2.24, 2.45) is 0 Å². The van der Waals surface area contributed by atoms with Gasteiger partial charge in [-0.2, -0.15) is 4.21 Å². The summed E-state index contributed by atoms with van der Waals surface area (Å²) in [5.74, 6) is 0.561. The molecule has 1 aromatic carbocycles. The minimum atomic E-state index is -4.17. The second-order valence-corrected chi connectivity index (χ2v) is 11.7. The monoisotopic (exact) mass is 446 g/mol. The van der Waals surface area contributed by atoms with Crippen LogP contribution in [0.1, 0.15) is 12.8 Å². The van der Waals surface area contributed by atoms with E-state index in [1.165, 1.54) is 19.6 Å². The Labute approximate surface area is 181 Å². The van der Waals surface area contributed by atoms with Crippen LogP contribution in [0.5, 0.6) is 0 Å². The Morgan fingerprint density at radius 1 is 1.23 bits per heavy atom. The maximum absolute atomic E-state index is 13.1.